The van der Waals surface area contributed by atoms with Gasteiger partial charge in [-0.05, 0) is 37.3 Å². The molecule has 0 spiro atoms. The van der Waals surface area contributed by atoms with Crippen LogP contribution < -0.4 is 0 Å². The van der Waals surface area contributed by atoms with Crippen molar-refractivity contribution in [2.45, 2.75) is 52.0 Å². The van der Waals surface area contributed by atoms with Crippen molar-refractivity contribution in [2.75, 3.05) is 6.54 Å². The molecule has 1 aliphatic rings. The van der Waals surface area contributed by atoms with Crippen LogP contribution in [0, 0.1) is 5.92 Å². The number of rotatable bonds is 6. The fourth-order valence-electron chi connectivity index (χ4n) is 2.77. The Kier molecular flexibility index (Phi) is 5.39. The molecule has 0 aromatic carbocycles. The van der Waals surface area contributed by atoms with Gasteiger partial charge in [0.05, 0.1) is 4.88 Å². The smallest absolute Gasteiger partial charge is 0.345 e. The maximum atomic E-state index is 12.7. The van der Waals surface area contributed by atoms with Crippen LogP contribution in [0.4, 0.5) is 0 Å². The van der Waals surface area contributed by atoms with Crippen LogP contribution in [0.1, 0.15) is 65.3 Å². The first-order chi connectivity index (χ1) is 9.99. The van der Waals surface area contributed by atoms with Crippen LogP contribution in [0.2, 0.25) is 0 Å². The van der Waals surface area contributed by atoms with Crippen LogP contribution in [0.3, 0.4) is 0 Å². The minimum atomic E-state index is -0.964. The summed E-state index contributed by atoms with van der Waals surface area (Å²) in [6, 6.07) is 3.50. The highest BCUT2D eigenvalue weighted by molar-refractivity contribution is 7.15. The van der Waals surface area contributed by atoms with Gasteiger partial charge >= 0.3 is 5.97 Å². The first-order valence-electron chi connectivity index (χ1n) is 7.63. The predicted molar refractivity (Wildman–Crippen MR) is 84.0 cm³/mol. The quantitative estimate of drug-likeness (QED) is 0.867. The largest absolute Gasteiger partial charge is 0.477 e. The molecule has 0 saturated heterocycles. The lowest BCUT2D eigenvalue weighted by Gasteiger charge is -2.29. The highest BCUT2D eigenvalue weighted by atomic mass is 32.1. The standard InChI is InChI=1S/C16H23NO3S/c1-11(2)9-10-17(12-5-3-4-6-12)15(18)13-7-8-14(21-13)16(19)20/h7-8,11-12H,3-6,9-10H2,1-2H3,(H,19,20). The summed E-state index contributed by atoms with van der Waals surface area (Å²) in [5.41, 5.74) is 0. The molecule has 0 unspecified atom stereocenters. The van der Waals surface area contributed by atoms with Gasteiger partial charge < -0.3 is 10.0 Å². The van der Waals surface area contributed by atoms with E-state index in [0.717, 1.165) is 37.1 Å². The fourth-order valence-corrected chi connectivity index (χ4v) is 3.57. The second-order valence-corrected chi connectivity index (χ2v) is 7.17. The van der Waals surface area contributed by atoms with E-state index in [1.807, 2.05) is 4.90 Å². The molecule has 21 heavy (non-hydrogen) atoms. The Morgan fingerprint density at radius 1 is 1.29 bits per heavy atom. The van der Waals surface area contributed by atoms with Crippen LogP contribution in [0.25, 0.3) is 0 Å². The molecule has 116 valence electrons. The zero-order chi connectivity index (χ0) is 15.4. The van der Waals surface area contributed by atoms with Gasteiger partial charge in [0.2, 0.25) is 0 Å². The molecule has 5 heteroatoms. The lowest BCUT2D eigenvalue weighted by atomic mass is 10.1. The average molecular weight is 309 g/mol. The van der Waals surface area contributed by atoms with Crippen molar-refractivity contribution < 1.29 is 14.7 Å². The molecule has 1 aromatic heterocycles. The molecule has 1 amide bonds. The van der Waals surface area contributed by atoms with Crippen molar-refractivity contribution >= 4 is 23.2 Å². The normalized spacial score (nSPS) is 15.6. The van der Waals surface area contributed by atoms with Gasteiger partial charge in [0.15, 0.2) is 0 Å². The number of nitrogens with zero attached hydrogens (tertiary/aromatic N) is 1. The van der Waals surface area contributed by atoms with Gasteiger partial charge in [0.25, 0.3) is 5.91 Å². The van der Waals surface area contributed by atoms with Gasteiger partial charge in [-0.3, -0.25) is 4.79 Å². The van der Waals surface area contributed by atoms with E-state index in [1.165, 1.54) is 18.9 Å². The zero-order valence-electron chi connectivity index (χ0n) is 12.7. The first-order valence-corrected chi connectivity index (χ1v) is 8.44. The van der Waals surface area contributed by atoms with E-state index < -0.39 is 5.97 Å². The summed E-state index contributed by atoms with van der Waals surface area (Å²) in [6.07, 6.45) is 5.49. The molecule has 0 atom stereocenters. The third-order valence-corrected chi connectivity index (χ3v) is 5.06. The lowest BCUT2D eigenvalue weighted by molar-refractivity contribution is 0.0675. The molecule has 0 radical (unpaired) electrons. The number of carbonyl (C=O) groups excluding carboxylic acids is 1. The van der Waals surface area contributed by atoms with E-state index in [9.17, 15) is 9.59 Å². The molecule has 1 saturated carbocycles. The van der Waals surface area contributed by atoms with Crippen molar-refractivity contribution in [1.82, 2.24) is 4.90 Å². The molecule has 1 heterocycles. The van der Waals surface area contributed by atoms with E-state index in [1.54, 1.807) is 6.07 Å². The number of carboxylic acids is 1. The van der Waals surface area contributed by atoms with Gasteiger partial charge in [-0.1, -0.05) is 26.7 Å². The number of aromatic carboxylic acids is 1. The Bertz CT molecular complexity index is 503. The van der Waals surface area contributed by atoms with Crippen molar-refractivity contribution in [2.24, 2.45) is 5.92 Å². The van der Waals surface area contributed by atoms with E-state index >= 15 is 0 Å². The Labute approximate surface area is 129 Å². The van der Waals surface area contributed by atoms with Crippen LogP contribution >= 0.6 is 11.3 Å². The monoisotopic (exact) mass is 309 g/mol. The number of carboxylic acid groups (broad SMARTS) is 1. The van der Waals surface area contributed by atoms with Crippen molar-refractivity contribution in [3.63, 3.8) is 0 Å². The Morgan fingerprint density at radius 2 is 1.90 bits per heavy atom. The highest BCUT2D eigenvalue weighted by Gasteiger charge is 2.28. The molecular formula is C16H23NO3S. The highest BCUT2D eigenvalue weighted by Crippen LogP contribution is 2.27. The molecule has 0 aliphatic heterocycles. The summed E-state index contributed by atoms with van der Waals surface area (Å²) in [5, 5.41) is 8.99. The van der Waals surface area contributed by atoms with Crippen molar-refractivity contribution in [1.29, 1.82) is 0 Å². The summed E-state index contributed by atoms with van der Waals surface area (Å²) in [7, 11) is 0. The summed E-state index contributed by atoms with van der Waals surface area (Å²) < 4.78 is 0. The zero-order valence-corrected chi connectivity index (χ0v) is 13.5. The Hall–Kier alpha value is -1.36. The summed E-state index contributed by atoms with van der Waals surface area (Å²) in [5.74, 6) is -0.409. The molecule has 0 bridgehead atoms. The second kappa shape index (κ2) is 7.07. The number of thiophene rings is 1. The first kappa shape index (κ1) is 16.0. The van der Waals surface area contributed by atoms with Gasteiger partial charge in [-0.15, -0.1) is 11.3 Å². The minimum Gasteiger partial charge on any atom is -0.477 e. The topological polar surface area (TPSA) is 57.6 Å². The maximum Gasteiger partial charge on any atom is 0.345 e. The summed E-state index contributed by atoms with van der Waals surface area (Å²) >= 11 is 1.08. The van der Waals surface area contributed by atoms with Crippen LogP contribution in [0.5, 0.6) is 0 Å². The average Bonchev–Trinajstić information content (AvgIpc) is 3.09. The number of amides is 1. The van der Waals surface area contributed by atoms with Crippen LogP contribution in [-0.2, 0) is 0 Å². The molecule has 4 nitrogen and oxygen atoms in total. The second-order valence-electron chi connectivity index (χ2n) is 6.09. The number of carbonyl (C=O) groups is 2. The maximum absolute atomic E-state index is 12.7. The van der Waals surface area contributed by atoms with Gasteiger partial charge in [-0.25, -0.2) is 4.79 Å². The molecule has 2 rings (SSSR count). The number of hydrogen-bond donors (Lipinski definition) is 1. The van der Waals surface area contributed by atoms with E-state index in [-0.39, 0.29) is 10.8 Å². The fraction of sp³-hybridized carbons (Fsp3) is 0.625. The molecular weight excluding hydrogens is 286 g/mol. The van der Waals surface area contributed by atoms with Crippen molar-refractivity contribution in [3.8, 4) is 0 Å². The van der Waals surface area contributed by atoms with E-state index in [2.05, 4.69) is 13.8 Å². The minimum absolute atomic E-state index is 0.0000463. The van der Waals surface area contributed by atoms with E-state index in [0.29, 0.717) is 16.8 Å². The summed E-state index contributed by atoms with van der Waals surface area (Å²) in [4.78, 5) is 26.4. The molecule has 1 N–H and O–H groups in total. The van der Waals surface area contributed by atoms with Gasteiger partial charge in [0.1, 0.15) is 4.88 Å². The lowest BCUT2D eigenvalue weighted by Crippen LogP contribution is -2.39. The van der Waals surface area contributed by atoms with Gasteiger partial charge in [-0.2, -0.15) is 0 Å². The van der Waals surface area contributed by atoms with Crippen LogP contribution in [0.15, 0.2) is 12.1 Å². The number of hydrogen-bond acceptors (Lipinski definition) is 3. The molecule has 1 aromatic rings. The SMILES string of the molecule is CC(C)CCN(C(=O)c1ccc(C(=O)O)s1)C1CCCC1. The van der Waals surface area contributed by atoms with Crippen LogP contribution in [-0.4, -0.2) is 34.5 Å². The Morgan fingerprint density at radius 3 is 2.43 bits per heavy atom. The van der Waals surface area contributed by atoms with Gasteiger partial charge in [0, 0.05) is 12.6 Å². The summed E-state index contributed by atoms with van der Waals surface area (Å²) in [6.45, 7) is 5.08. The van der Waals surface area contributed by atoms with Crippen molar-refractivity contribution in [3.05, 3.63) is 21.9 Å². The third kappa shape index (κ3) is 4.06. The van der Waals surface area contributed by atoms with E-state index in [4.69, 9.17) is 5.11 Å². The predicted octanol–water partition coefficient (Wildman–Crippen LogP) is 3.88. The third-order valence-electron chi connectivity index (χ3n) is 4.00. The molecule has 1 fully saturated rings. The molecule has 1 aliphatic carbocycles. The Balaban J connectivity index is 2.13.